The van der Waals surface area contributed by atoms with Crippen LogP contribution >= 0.6 is 15.9 Å². The molecule has 3 rings (SSSR count). The molecule has 0 bridgehead atoms. The highest BCUT2D eigenvalue weighted by Gasteiger charge is 2.07. The number of allylic oxidation sites excluding steroid dienone is 1. The number of hydrogen-bond acceptors (Lipinski definition) is 6. The molecule has 1 aromatic heterocycles. The molecule has 0 N–H and O–H groups in total. The van der Waals surface area contributed by atoms with Crippen molar-refractivity contribution in [3.63, 3.8) is 0 Å². The molecule has 1 heterocycles. The minimum atomic E-state index is 0.368. The lowest BCUT2D eigenvalue weighted by atomic mass is 10.1. The lowest BCUT2D eigenvalue weighted by Crippen LogP contribution is -2.10. The number of aromatic nitrogens is 3. The molecule has 0 amide bonds. The van der Waals surface area contributed by atoms with Gasteiger partial charge in [-0.3, -0.25) is 0 Å². The van der Waals surface area contributed by atoms with Gasteiger partial charge in [0.2, 0.25) is 0 Å². The largest absolute Gasteiger partial charge is 0.493 e. The van der Waals surface area contributed by atoms with E-state index in [0.717, 1.165) is 22.0 Å². The minimum absolute atomic E-state index is 0.368. The third-order valence-corrected chi connectivity index (χ3v) is 4.41. The van der Waals surface area contributed by atoms with Crippen molar-refractivity contribution >= 4 is 22.1 Å². The molecule has 0 aliphatic carbocycles. The van der Waals surface area contributed by atoms with Crippen LogP contribution in [0.2, 0.25) is 0 Å². The molecule has 29 heavy (non-hydrogen) atoms. The van der Waals surface area contributed by atoms with Gasteiger partial charge in [0, 0.05) is 10.0 Å². The van der Waals surface area contributed by atoms with E-state index in [1.807, 2.05) is 42.5 Å². The fourth-order valence-corrected chi connectivity index (χ4v) is 2.94. The van der Waals surface area contributed by atoms with Gasteiger partial charge in [-0.15, -0.1) is 16.8 Å². The van der Waals surface area contributed by atoms with Crippen LogP contribution in [0, 0.1) is 0 Å². The number of nitrogens with zero attached hydrogens (tertiary/aromatic N) is 4. The summed E-state index contributed by atoms with van der Waals surface area (Å²) in [5.41, 5.74) is 1.94. The first kappa shape index (κ1) is 20.6. The molecule has 0 spiro atoms. The van der Waals surface area contributed by atoms with Crippen LogP contribution in [-0.2, 0) is 6.42 Å². The molecule has 0 fully saturated rings. The maximum absolute atomic E-state index is 5.89. The molecule has 150 valence electrons. The Labute approximate surface area is 177 Å². The van der Waals surface area contributed by atoms with E-state index >= 15 is 0 Å². The van der Waals surface area contributed by atoms with Crippen LogP contribution in [0.15, 0.2) is 71.3 Å². The minimum Gasteiger partial charge on any atom is -0.493 e. The Morgan fingerprint density at radius 3 is 2.48 bits per heavy atom. The molecule has 0 atom stereocenters. The number of halogens is 1. The second kappa shape index (κ2) is 10.4. The maximum atomic E-state index is 5.89. The maximum Gasteiger partial charge on any atom is 0.161 e. The first-order chi connectivity index (χ1) is 14.2. The van der Waals surface area contributed by atoms with Crippen molar-refractivity contribution < 1.29 is 14.2 Å². The number of hydrogen-bond donors (Lipinski definition) is 0. The molecule has 3 aromatic rings. The summed E-state index contributed by atoms with van der Waals surface area (Å²) in [7, 11) is 1.62. The summed E-state index contributed by atoms with van der Waals surface area (Å²) in [6.45, 7) is 4.49. The van der Waals surface area contributed by atoms with Crippen molar-refractivity contribution in [3.05, 3.63) is 77.3 Å². The Morgan fingerprint density at radius 2 is 1.76 bits per heavy atom. The van der Waals surface area contributed by atoms with Crippen LogP contribution in [0.4, 0.5) is 0 Å². The van der Waals surface area contributed by atoms with Crippen molar-refractivity contribution in [1.82, 2.24) is 14.9 Å². The molecular formula is C21H21BrN4O3. The van der Waals surface area contributed by atoms with E-state index in [9.17, 15) is 0 Å². The highest BCUT2D eigenvalue weighted by atomic mass is 79.9. The summed E-state index contributed by atoms with van der Waals surface area (Å²) in [6, 6.07) is 11.6. The predicted octanol–water partition coefficient (Wildman–Crippen LogP) is 4.12. The van der Waals surface area contributed by atoms with Gasteiger partial charge in [0.25, 0.3) is 0 Å². The quantitative estimate of drug-likeness (QED) is 0.260. The van der Waals surface area contributed by atoms with Gasteiger partial charge in [-0.2, -0.15) is 5.10 Å². The SMILES string of the molecule is C=CCc1ccc(OCCOc2ccc(Br)cc2C=Nn2cnnc2)c(OC)c1. The van der Waals surface area contributed by atoms with Gasteiger partial charge in [0.05, 0.1) is 13.3 Å². The zero-order valence-electron chi connectivity index (χ0n) is 16.0. The Bertz CT molecular complexity index is 974. The Balaban J connectivity index is 1.60. The van der Waals surface area contributed by atoms with Gasteiger partial charge in [-0.05, 0) is 42.3 Å². The van der Waals surface area contributed by atoms with Gasteiger partial charge >= 0.3 is 0 Å². The standard InChI is InChI=1S/C21H21BrN4O3/c1-3-4-16-5-7-20(21(11-16)27-2)29-10-9-28-19-8-6-18(22)12-17(19)13-25-26-14-23-24-15-26/h3,5-8,11-15H,1,4,9-10H2,2H3. The van der Waals surface area contributed by atoms with Gasteiger partial charge in [0.15, 0.2) is 11.5 Å². The molecule has 0 aliphatic rings. The molecular weight excluding hydrogens is 436 g/mol. The third-order valence-electron chi connectivity index (χ3n) is 3.92. The van der Waals surface area contributed by atoms with E-state index in [1.54, 1.807) is 13.3 Å². The fraction of sp³-hybridized carbons (Fsp3) is 0.190. The summed E-state index contributed by atoms with van der Waals surface area (Å²) >= 11 is 3.47. The molecule has 7 nitrogen and oxygen atoms in total. The molecule has 0 saturated carbocycles. The lowest BCUT2D eigenvalue weighted by molar-refractivity contribution is 0.211. The molecule has 0 radical (unpaired) electrons. The van der Waals surface area contributed by atoms with Crippen molar-refractivity contribution in [2.24, 2.45) is 5.10 Å². The van der Waals surface area contributed by atoms with E-state index < -0.39 is 0 Å². The number of ether oxygens (including phenoxy) is 3. The highest BCUT2D eigenvalue weighted by molar-refractivity contribution is 9.10. The average molecular weight is 457 g/mol. The molecule has 0 saturated heterocycles. The first-order valence-corrected chi connectivity index (χ1v) is 9.71. The van der Waals surface area contributed by atoms with E-state index in [2.05, 4.69) is 37.8 Å². The summed E-state index contributed by atoms with van der Waals surface area (Å²) in [5, 5.41) is 11.7. The van der Waals surface area contributed by atoms with Crippen LogP contribution in [-0.4, -0.2) is 41.4 Å². The molecule has 0 unspecified atom stereocenters. The highest BCUT2D eigenvalue weighted by Crippen LogP contribution is 2.28. The van der Waals surface area contributed by atoms with Crippen molar-refractivity contribution in [1.29, 1.82) is 0 Å². The van der Waals surface area contributed by atoms with E-state index in [-0.39, 0.29) is 0 Å². The molecule has 2 aromatic carbocycles. The smallest absolute Gasteiger partial charge is 0.161 e. The Morgan fingerprint density at radius 1 is 1.03 bits per heavy atom. The molecule has 8 heteroatoms. The van der Waals surface area contributed by atoms with Gasteiger partial charge < -0.3 is 14.2 Å². The third kappa shape index (κ3) is 5.92. The van der Waals surface area contributed by atoms with Crippen LogP contribution in [0.5, 0.6) is 17.2 Å². The molecule has 0 aliphatic heterocycles. The normalized spacial score (nSPS) is 10.8. The summed E-state index contributed by atoms with van der Waals surface area (Å²) < 4.78 is 19.6. The summed E-state index contributed by atoms with van der Waals surface area (Å²) in [6.07, 6.45) is 7.34. The van der Waals surface area contributed by atoms with E-state index in [0.29, 0.717) is 30.5 Å². The topological polar surface area (TPSA) is 70.8 Å². The van der Waals surface area contributed by atoms with E-state index in [4.69, 9.17) is 14.2 Å². The van der Waals surface area contributed by atoms with Crippen molar-refractivity contribution in [3.8, 4) is 17.2 Å². The zero-order valence-corrected chi connectivity index (χ0v) is 17.6. The van der Waals surface area contributed by atoms with Crippen LogP contribution < -0.4 is 14.2 Å². The summed E-state index contributed by atoms with van der Waals surface area (Å²) in [4.78, 5) is 0. The van der Waals surface area contributed by atoms with Crippen LogP contribution in [0.3, 0.4) is 0 Å². The van der Waals surface area contributed by atoms with Crippen molar-refractivity contribution in [2.45, 2.75) is 6.42 Å². The van der Waals surface area contributed by atoms with Crippen LogP contribution in [0.25, 0.3) is 0 Å². The van der Waals surface area contributed by atoms with Gasteiger partial charge in [-0.1, -0.05) is 28.1 Å². The fourth-order valence-electron chi connectivity index (χ4n) is 2.56. The second-order valence-electron chi connectivity index (χ2n) is 5.94. The van der Waals surface area contributed by atoms with Gasteiger partial charge in [-0.25, -0.2) is 4.68 Å². The monoisotopic (exact) mass is 456 g/mol. The van der Waals surface area contributed by atoms with E-state index in [1.165, 1.54) is 17.3 Å². The van der Waals surface area contributed by atoms with Crippen LogP contribution in [0.1, 0.15) is 11.1 Å². The zero-order chi connectivity index (χ0) is 20.5. The number of rotatable bonds is 10. The second-order valence-corrected chi connectivity index (χ2v) is 6.86. The first-order valence-electron chi connectivity index (χ1n) is 8.91. The number of benzene rings is 2. The average Bonchev–Trinajstić information content (AvgIpc) is 3.25. The summed E-state index contributed by atoms with van der Waals surface area (Å²) in [5.74, 6) is 2.06. The number of methoxy groups -OCH3 is 1. The van der Waals surface area contributed by atoms with Gasteiger partial charge in [0.1, 0.15) is 31.6 Å². The van der Waals surface area contributed by atoms with Crippen molar-refractivity contribution in [2.75, 3.05) is 20.3 Å². The lowest BCUT2D eigenvalue weighted by Gasteiger charge is -2.13. The predicted molar refractivity (Wildman–Crippen MR) is 115 cm³/mol. The Hall–Kier alpha value is -3.13. The Kier molecular flexibility index (Phi) is 7.40.